The summed E-state index contributed by atoms with van der Waals surface area (Å²) in [7, 11) is 0. The van der Waals surface area contributed by atoms with E-state index in [1.807, 2.05) is 6.20 Å². The molecule has 0 spiro atoms. The lowest BCUT2D eigenvalue weighted by Crippen LogP contribution is -2.24. The molecule has 0 aliphatic carbocycles. The highest BCUT2D eigenvalue weighted by Crippen LogP contribution is 2.29. The largest absolute Gasteiger partial charge is 0.312 e. The topological polar surface area (TPSA) is 29.9 Å². The third-order valence-electron chi connectivity index (χ3n) is 3.58. The molecule has 1 aromatic carbocycles. The Morgan fingerprint density at radius 3 is 3.00 bits per heavy atom. The minimum atomic E-state index is 0.391. The summed E-state index contributed by atoms with van der Waals surface area (Å²) in [4.78, 5) is 0. The van der Waals surface area contributed by atoms with Gasteiger partial charge in [0.25, 0.3) is 0 Å². The number of rotatable bonds is 2. The van der Waals surface area contributed by atoms with E-state index in [1.165, 1.54) is 22.4 Å². The number of benzene rings is 1. The van der Waals surface area contributed by atoms with E-state index in [0.717, 1.165) is 19.5 Å². The lowest BCUT2D eigenvalue weighted by molar-refractivity contribution is 0.537. The molecule has 0 fully saturated rings. The normalized spacial score (nSPS) is 14.8. The Kier molecular flexibility index (Phi) is 2.92. The summed E-state index contributed by atoms with van der Waals surface area (Å²) in [5.41, 5.74) is 5.46. The second kappa shape index (κ2) is 4.58. The van der Waals surface area contributed by atoms with Crippen LogP contribution in [0.5, 0.6) is 0 Å². The molecule has 0 atom stereocenters. The van der Waals surface area contributed by atoms with Gasteiger partial charge in [-0.2, -0.15) is 5.10 Å². The van der Waals surface area contributed by atoms with Crippen molar-refractivity contribution >= 4 is 0 Å². The van der Waals surface area contributed by atoms with Crippen LogP contribution in [0.2, 0.25) is 0 Å². The van der Waals surface area contributed by atoms with Gasteiger partial charge in [0.15, 0.2) is 0 Å². The lowest BCUT2D eigenvalue weighted by atomic mass is 9.94. The van der Waals surface area contributed by atoms with Crippen molar-refractivity contribution in [3.8, 4) is 11.3 Å². The maximum atomic E-state index is 4.44. The summed E-state index contributed by atoms with van der Waals surface area (Å²) in [6, 6.07) is 9.13. The van der Waals surface area contributed by atoms with Crippen molar-refractivity contribution in [3.05, 3.63) is 41.6 Å². The quantitative estimate of drug-likeness (QED) is 0.876. The van der Waals surface area contributed by atoms with Crippen LogP contribution >= 0.6 is 0 Å². The zero-order chi connectivity index (χ0) is 12.5. The van der Waals surface area contributed by atoms with Crippen LogP contribution in [0.4, 0.5) is 0 Å². The van der Waals surface area contributed by atoms with Gasteiger partial charge in [0, 0.05) is 24.3 Å². The van der Waals surface area contributed by atoms with Crippen LogP contribution in [0.1, 0.15) is 31.0 Å². The molecule has 0 unspecified atom stereocenters. The summed E-state index contributed by atoms with van der Waals surface area (Å²) < 4.78 is 2.10. The van der Waals surface area contributed by atoms with Crippen molar-refractivity contribution in [1.29, 1.82) is 0 Å². The molecule has 1 aliphatic rings. The Bertz CT molecular complexity index is 555. The summed E-state index contributed by atoms with van der Waals surface area (Å²) in [5.74, 6) is 0. The van der Waals surface area contributed by atoms with Crippen LogP contribution in [0.25, 0.3) is 11.3 Å². The molecular formula is C15H19N3. The molecule has 3 rings (SSSR count). The number of hydrogen-bond donors (Lipinski definition) is 1. The number of aromatic nitrogens is 2. The van der Waals surface area contributed by atoms with E-state index in [2.05, 4.69) is 53.2 Å². The van der Waals surface area contributed by atoms with E-state index < -0.39 is 0 Å². The van der Waals surface area contributed by atoms with Crippen LogP contribution in [-0.2, 0) is 13.0 Å². The highest BCUT2D eigenvalue weighted by atomic mass is 15.3. The molecule has 94 valence electrons. The number of fused-ring (bicyclic) bond motifs is 1. The Hall–Kier alpha value is -1.61. The van der Waals surface area contributed by atoms with E-state index in [9.17, 15) is 0 Å². The predicted molar refractivity (Wildman–Crippen MR) is 73.5 cm³/mol. The van der Waals surface area contributed by atoms with Gasteiger partial charge in [0.2, 0.25) is 0 Å². The molecule has 1 aliphatic heterocycles. The molecule has 3 nitrogen and oxygen atoms in total. The molecule has 18 heavy (non-hydrogen) atoms. The smallest absolute Gasteiger partial charge is 0.0688 e. The summed E-state index contributed by atoms with van der Waals surface area (Å²) in [6.07, 6.45) is 3.02. The Morgan fingerprint density at radius 2 is 2.17 bits per heavy atom. The molecule has 0 bridgehead atoms. The van der Waals surface area contributed by atoms with Gasteiger partial charge in [-0.3, -0.25) is 4.68 Å². The van der Waals surface area contributed by atoms with Crippen molar-refractivity contribution < 1.29 is 0 Å². The highest BCUT2D eigenvalue weighted by molar-refractivity contribution is 5.66. The number of hydrogen-bond acceptors (Lipinski definition) is 2. The fourth-order valence-electron chi connectivity index (χ4n) is 2.69. The van der Waals surface area contributed by atoms with Crippen molar-refractivity contribution in [2.75, 3.05) is 6.54 Å². The van der Waals surface area contributed by atoms with Gasteiger partial charge in [-0.05, 0) is 44.0 Å². The first-order chi connectivity index (χ1) is 8.77. The average Bonchev–Trinajstić information content (AvgIpc) is 2.87. The Morgan fingerprint density at radius 1 is 1.28 bits per heavy atom. The first-order valence-electron chi connectivity index (χ1n) is 6.62. The molecule has 0 saturated carbocycles. The van der Waals surface area contributed by atoms with Gasteiger partial charge < -0.3 is 5.32 Å². The van der Waals surface area contributed by atoms with Gasteiger partial charge in [0.1, 0.15) is 0 Å². The van der Waals surface area contributed by atoms with Crippen molar-refractivity contribution in [3.63, 3.8) is 0 Å². The number of nitrogens with one attached hydrogen (secondary N) is 1. The second-order valence-corrected chi connectivity index (χ2v) is 5.12. The number of nitrogens with zero attached hydrogens (tertiary/aromatic N) is 2. The molecule has 0 radical (unpaired) electrons. The molecule has 0 amide bonds. The maximum absolute atomic E-state index is 4.44. The maximum Gasteiger partial charge on any atom is 0.0688 e. The van der Waals surface area contributed by atoms with Gasteiger partial charge in [0.05, 0.1) is 5.69 Å². The van der Waals surface area contributed by atoms with E-state index >= 15 is 0 Å². The van der Waals surface area contributed by atoms with Gasteiger partial charge in [-0.1, -0.05) is 18.2 Å². The Balaban J connectivity index is 2.14. The molecule has 1 N–H and O–H groups in total. The third-order valence-corrected chi connectivity index (χ3v) is 3.58. The molecule has 2 aromatic rings. The summed E-state index contributed by atoms with van der Waals surface area (Å²) in [6.45, 7) is 6.39. The molecule has 2 heterocycles. The first-order valence-corrected chi connectivity index (χ1v) is 6.62. The molecular weight excluding hydrogens is 222 g/mol. The van der Waals surface area contributed by atoms with Gasteiger partial charge >= 0.3 is 0 Å². The van der Waals surface area contributed by atoms with Gasteiger partial charge in [-0.25, -0.2) is 0 Å². The standard InChI is InChI=1S/C15H19N3/c1-11(2)18-15(7-9-17-18)13-5-3-4-12-6-8-16-10-14(12)13/h3-5,7,9,11,16H,6,8,10H2,1-2H3. The van der Waals surface area contributed by atoms with Crippen LogP contribution in [0.3, 0.4) is 0 Å². The summed E-state index contributed by atoms with van der Waals surface area (Å²) >= 11 is 0. The van der Waals surface area contributed by atoms with Crippen LogP contribution < -0.4 is 5.32 Å². The van der Waals surface area contributed by atoms with E-state index in [1.54, 1.807) is 0 Å². The lowest BCUT2D eigenvalue weighted by Gasteiger charge is -2.21. The van der Waals surface area contributed by atoms with Gasteiger partial charge in [-0.15, -0.1) is 0 Å². The van der Waals surface area contributed by atoms with Crippen molar-refractivity contribution in [1.82, 2.24) is 15.1 Å². The second-order valence-electron chi connectivity index (χ2n) is 5.12. The van der Waals surface area contributed by atoms with E-state index in [0.29, 0.717) is 6.04 Å². The average molecular weight is 241 g/mol. The van der Waals surface area contributed by atoms with Crippen LogP contribution in [0.15, 0.2) is 30.5 Å². The highest BCUT2D eigenvalue weighted by Gasteiger charge is 2.16. The zero-order valence-corrected chi connectivity index (χ0v) is 11.0. The fraction of sp³-hybridized carbons (Fsp3) is 0.400. The summed E-state index contributed by atoms with van der Waals surface area (Å²) in [5, 5.41) is 7.90. The van der Waals surface area contributed by atoms with E-state index in [4.69, 9.17) is 0 Å². The van der Waals surface area contributed by atoms with Crippen LogP contribution in [-0.4, -0.2) is 16.3 Å². The van der Waals surface area contributed by atoms with Crippen molar-refractivity contribution in [2.24, 2.45) is 0 Å². The zero-order valence-electron chi connectivity index (χ0n) is 11.0. The Labute approximate surface area is 108 Å². The first kappa shape index (κ1) is 11.5. The fourth-order valence-corrected chi connectivity index (χ4v) is 2.69. The minimum absolute atomic E-state index is 0.391. The minimum Gasteiger partial charge on any atom is -0.312 e. The van der Waals surface area contributed by atoms with Crippen molar-refractivity contribution in [2.45, 2.75) is 32.9 Å². The molecule has 3 heteroatoms. The van der Waals surface area contributed by atoms with Crippen LogP contribution in [0, 0.1) is 0 Å². The predicted octanol–water partition coefficient (Wildman–Crippen LogP) is 2.78. The SMILES string of the molecule is CC(C)n1nccc1-c1cccc2c1CNCC2. The molecule has 0 saturated heterocycles. The third kappa shape index (κ3) is 1.85. The molecule has 1 aromatic heterocycles. The van der Waals surface area contributed by atoms with E-state index in [-0.39, 0.29) is 0 Å². The monoisotopic (exact) mass is 241 g/mol.